The molecule has 0 bridgehead atoms. The number of carbonyl (C=O) groups excluding carboxylic acids is 1. The topological polar surface area (TPSA) is 83.0 Å². The van der Waals surface area contributed by atoms with Gasteiger partial charge in [-0.25, -0.2) is 15.0 Å². The Hall–Kier alpha value is -4.40. The van der Waals surface area contributed by atoms with E-state index >= 15 is 0 Å². The van der Waals surface area contributed by atoms with Crippen molar-refractivity contribution in [3.05, 3.63) is 103 Å². The number of piperidine rings is 1. The number of nitrogens with zero attached hydrogens (tertiary/aromatic N) is 4. The molecule has 6 rings (SSSR count). The lowest BCUT2D eigenvalue weighted by atomic mass is 10.1. The van der Waals surface area contributed by atoms with E-state index in [0.29, 0.717) is 23.0 Å². The summed E-state index contributed by atoms with van der Waals surface area (Å²) in [6, 6.07) is 29.4. The molecule has 1 saturated heterocycles. The third-order valence-electron chi connectivity index (χ3n) is 7.14. The SMILES string of the molecule is O=C(Nc1ccccc1-c1ncc(-c2ccccc2)s1)c1cc(NCCN2CCCCC2)nc(-c2ccccc2)n1. The highest BCUT2D eigenvalue weighted by atomic mass is 32.1. The van der Waals surface area contributed by atoms with Gasteiger partial charge in [0.05, 0.1) is 10.6 Å². The molecule has 0 unspecified atom stereocenters. The Morgan fingerprint density at radius 1 is 0.829 bits per heavy atom. The number of nitrogens with one attached hydrogen (secondary N) is 2. The van der Waals surface area contributed by atoms with E-state index in [1.807, 2.05) is 79.0 Å². The maximum atomic E-state index is 13.6. The molecule has 5 aromatic rings. The van der Waals surface area contributed by atoms with E-state index in [9.17, 15) is 4.79 Å². The quantitative estimate of drug-likeness (QED) is 0.200. The monoisotopic (exact) mass is 560 g/mol. The summed E-state index contributed by atoms with van der Waals surface area (Å²) in [5.41, 5.74) is 3.83. The Bertz CT molecular complexity index is 1600. The summed E-state index contributed by atoms with van der Waals surface area (Å²) in [4.78, 5) is 31.2. The molecule has 2 N–H and O–H groups in total. The molecule has 0 radical (unpaired) electrons. The van der Waals surface area contributed by atoms with Crippen LogP contribution in [-0.2, 0) is 0 Å². The highest BCUT2D eigenvalue weighted by Crippen LogP contribution is 2.35. The van der Waals surface area contributed by atoms with Crippen LogP contribution < -0.4 is 10.6 Å². The number of likely N-dealkylation sites (tertiary alicyclic amines) is 1. The average Bonchev–Trinajstić information content (AvgIpc) is 3.53. The minimum Gasteiger partial charge on any atom is -0.369 e. The second-order valence-corrected chi connectivity index (χ2v) is 11.1. The Morgan fingerprint density at radius 3 is 2.32 bits per heavy atom. The molecule has 7 nitrogen and oxygen atoms in total. The third-order valence-corrected chi connectivity index (χ3v) is 8.22. The number of benzene rings is 3. The molecule has 0 saturated carbocycles. The molecule has 8 heteroatoms. The van der Waals surface area contributed by atoms with Gasteiger partial charge in [-0.2, -0.15) is 0 Å². The van der Waals surface area contributed by atoms with Gasteiger partial charge in [-0.1, -0.05) is 79.2 Å². The van der Waals surface area contributed by atoms with Gasteiger partial charge in [-0.3, -0.25) is 4.79 Å². The van der Waals surface area contributed by atoms with Gasteiger partial charge < -0.3 is 15.5 Å². The van der Waals surface area contributed by atoms with Gasteiger partial charge >= 0.3 is 0 Å². The van der Waals surface area contributed by atoms with E-state index in [4.69, 9.17) is 4.98 Å². The molecule has 1 fully saturated rings. The maximum absolute atomic E-state index is 13.6. The number of thiazole rings is 1. The van der Waals surface area contributed by atoms with Crippen LogP contribution in [0.5, 0.6) is 0 Å². The van der Waals surface area contributed by atoms with Gasteiger partial charge in [-0.15, -0.1) is 11.3 Å². The second-order valence-electron chi connectivity index (χ2n) is 10.1. The van der Waals surface area contributed by atoms with E-state index in [1.54, 1.807) is 17.4 Å². The lowest BCUT2D eigenvalue weighted by molar-refractivity contribution is 0.102. The van der Waals surface area contributed by atoms with Crippen molar-refractivity contribution in [1.82, 2.24) is 19.9 Å². The van der Waals surface area contributed by atoms with Gasteiger partial charge in [-0.05, 0) is 43.6 Å². The zero-order valence-electron chi connectivity index (χ0n) is 22.8. The van der Waals surface area contributed by atoms with Crippen molar-refractivity contribution < 1.29 is 4.79 Å². The van der Waals surface area contributed by atoms with E-state index in [-0.39, 0.29) is 5.91 Å². The molecular formula is C33H32N6OS. The lowest BCUT2D eigenvalue weighted by Crippen LogP contribution is -2.33. The van der Waals surface area contributed by atoms with Crippen LogP contribution in [0, 0.1) is 0 Å². The Kier molecular flexibility index (Phi) is 8.40. The minimum absolute atomic E-state index is 0.295. The first-order valence-corrected chi connectivity index (χ1v) is 14.9. The number of aromatic nitrogens is 3. The molecule has 2 aromatic heterocycles. The summed E-state index contributed by atoms with van der Waals surface area (Å²) in [5, 5.41) is 7.37. The molecule has 206 valence electrons. The normalized spacial score (nSPS) is 13.6. The van der Waals surface area contributed by atoms with Crippen LogP contribution in [0.4, 0.5) is 11.5 Å². The Labute approximate surface area is 244 Å². The van der Waals surface area contributed by atoms with Crippen LogP contribution in [0.2, 0.25) is 0 Å². The first-order valence-electron chi connectivity index (χ1n) is 14.1. The van der Waals surface area contributed by atoms with Gasteiger partial charge in [0.2, 0.25) is 0 Å². The summed E-state index contributed by atoms with van der Waals surface area (Å²) < 4.78 is 0. The van der Waals surface area contributed by atoms with E-state index in [2.05, 4.69) is 37.6 Å². The van der Waals surface area contributed by atoms with Crippen LogP contribution in [0.15, 0.2) is 97.2 Å². The number of amides is 1. The van der Waals surface area contributed by atoms with Crippen molar-refractivity contribution in [2.45, 2.75) is 19.3 Å². The molecular weight excluding hydrogens is 528 g/mol. The van der Waals surface area contributed by atoms with Crippen molar-refractivity contribution >= 4 is 28.7 Å². The number of anilines is 2. The highest BCUT2D eigenvalue weighted by molar-refractivity contribution is 7.18. The minimum atomic E-state index is -0.295. The van der Waals surface area contributed by atoms with E-state index in [1.165, 1.54) is 19.3 Å². The summed E-state index contributed by atoms with van der Waals surface area (Å²) in [6.45, 7) is 3.97. The summed E-state index contributed by atoms with van der Waals surface area (Å²) in [7, 11) is 0. The maximum Gasteiger partial charge on any atom is 0.274 e. The van der Waals surface area contributed by atoms with E-state index < -0.39 is 0 Å². The number of hydrogen-bond acceptors (Lipinski definition) is 7. The van der Waals surface area contributed by atoms with Gasteiger partial charge in [0, 0.05) is 36.5 Å². The van der Waals surface area contributed by atoms with Gasteiger partial charge in [0.15, 0.2) is 5.82 Å². The van der Waals surface area contributed by atoms with Crippen LogP contribution in [0.1, 0.15) is 29.8 Å². The number of rotatable bonds is 9. The fourth-order valence-corrected chi connectivity index (χ4v) is 5.96. The smallest absolute Gasteiger partial charge is 0.274 e. The molecule has 0 spiro atoms. The van der Waals surface area contributed by atoms with Crippen molar-refractivity contribution in [2.24, 2.45) is 0 Å². The van der Waals surface area contributed by atoms with Crippen molar-refractivity contribution in [3.63, 3.8) is 0 Å². The standard InChI is InChI=1S/C33H32N6OS/c40-32(37-27-17-9-8-16-26(27)33-35-23-29(41-33)24-12-4-1-5-13-24)28-22-30(34-18-21-39-19-10-3-11-20-39)38-31(36-28)25-14-6-2-7-15-25/h1-2,4-9,12-17,22-23H,3,10-11,18-21H2,(H,37,40)(H,34,36,38). The van der Waals surface area contributed by atoms with Crippen molar-refractivity contribution in [3.8, 4) is 32.4 Å². The van der Waals surface area contributed by atoms with Crippen molar-refractivity contribution in [1.29, 1.82) is 0 Å². The predicted molar refractivity (Wildman–Crippen MR) is 167 cm³/mol. The van der Waals surface area contributed by atoms with E-state index in [0.717, 1.165) is 52.8 Å². The fraction of sp³-hybridized carbons (Fsp3) is 0.212. The summed E-state index contributed by atoms with van der Waals surface area (Å²) in [5.74, 6) is 0.858. The zero-order chi connectivity index (χ0) is 27.9. The molecule has 0 aliphatic carbocycles. The third kappa shape index (κ3) is 6.67. The number of para-hydroxylation sites is 1. The number of hydrogen-bond donors (Lipinski definition) is 2. The summed E-state index contributed by atoms with van der Waals surface area (Å²) in [6.07, 6.45) is 5.71. The fourth-order valence-electron chi connectivity index (χ4n) is 5.00. The molecule has 41 heavy (non-hydrogen) atoms. The molecule has 1 aliphatic rings. The second kappa shape index (κ2) is 12.8. The largest absolute Gasteiger partial charge is 0.369 e. The Morgan fingerprint density at radius 2 is 1.54 bits per heavy atom. The van der Waals surface area contributed by atoms with Gasteiger partial charge in [0.25, 0.3) is 5.91 Å². The van der Waals surface area contributed by atoms with Crippen LogP contribution in [-0.4, -0.2) is 51.9 Å². The average molecular weight is 561 g/mol. The zero-order valence-corrected chi connectivity index (χ0v) is 23.6. The predicted octanol–water partition coefficient (Wildman–Crippen LogP) is 7.08. The Balaban J connectivity index is 1.24. The lowest BCUT2D eigenvalue weighted by Gasteiger charge is -2.26. The van der Waals surface area contributed by atoms with Crippen LogP contribution in [0.25, 0.3) is 32.4 Å². The first-order chi connectivity index (χ1) is 20.2. The molecule has 1 amide bonds. The van der Waals surface area contributed by atoms with Gasteiger partial charge in [0.1, 0.15) is 16.5 Å². The highest BCUT2D eigenvalue weighted by Gasteiger charge is 2.17. The van der Waals surface area contributed by atoms with Crippen molar-refractivity contribution in [2.75, 3.05) is 36.8 Å². The molecule has 3 aromatic carbocycles. The number of carbonyl (C=O) groups is 1. The summed E-state index contributed by atoms with van der Waals surface area (Å²) >= 11 is 1.60. The molecule has 3 heterocycles. The van der Waals surface area contributed by atoms with Crippen LogP contribution >= 0.6 is 11.3 Å². The molecule has 1 aliphatic heterocycles. The first kappa shape index (κ1) is 26.8. The van der Waals surface area contributed by atoms with Crippen LogP contribution in [0.3, 0.4) is 0 Å². The molecule has 0 atom stereocenters.